The number of hydrogen-bond donors (Lipinski definition) is 0. The van der Waals surface area contributed by atoms with Gasteiger partial charge >= 0.3 is 0 Å². The zero-order valence-corrected chi connectivity index (χ0v) is 10.8. The first-order valence-corrected chi connectivity index (χ1v) is 5.79. The Balaban J connectivity index is 3.11. The predicted octanol–water partition coefficient (Wildman–Crippen LogP) is 4.11. The summed E-state index contributed by atoms with van der Waals surface area (Å²) in [7, 11) is 0. The Bertz CT molecular complexity index is 318. The summed E-state index contributed by atoms with van der Waals surface area (Å²) >= 11 is 3.54. The summed E-state index contributed by atoms with van der Waals surface area (Å²) < 4.78 is 6.83. The summed E-state index contributed by atoms with van der Waals surface area (Å²) in [5, 5.41) is 0. The summed E-state index contributed by atoms with van der Waals surface area (Å²) in [6.07, 6.45) is 1.22. The van der Waals surface area contributed by atoms with Crippen molar-refractivity contribution in [2.75, 3.05) is 0 Å². The van der Waals surface area contributed by atoms with Gasteiger partial charge in [-0.25, -0.2) is 0 Å². The van der Waals surface area contributed by atoms with Crippen LogP contribution in [-0.2, 0) is 6.42 Å². The minimum Gasteiger partial charge on any atom is -0.490 e. The number of ether oxygens (including phenoxy) is 1. The van der Waals surface area contributed by atoms with Crippen LogP contribution in [0.4, 0.5) is 0 Å². The Kier molecular flexibility index (Phi) is 3.99. The largest absolute Gasteiger partial charge is 0.490 e. The molecule has 0 heterocycles. The van der Waals surface area contributed by atoms with Crippen LogP contribution in [0.2, 0.25) is 0 Å². The van der Waals surface area contributed by atoms with E-state index in [1.54, 1.807) is 0 Å². The van der Waals surface area contributed by atoms with E-state index in [4.69, 9.17) is 4.74 Å². The maximum atomic E-state index is 5.78. The molecule has 0 aliphatic carbocycles. The van der Waals surface area contributed by atoms with Crippen LogP contribution in [0.5, 0.6) is 5.75 Å². The lowest BCUT2D eigenvalue weighted by atomic mass is 10.1. The van der Waals surface area contributed by atoms with E-state index in [0.717, 1.165) is 16.6 Å². The topological polar surface area (TPSA) is 9.23 Å². The molecule has 0 atom stereocenters. The SMILES string of the molecule is CCc1cc(C)cc(Br)c1OC(C)C. The van der Waals surface area contributed by atoms with E-state index in [2.05, 4.69) is 41.9 Å². The Labute approximate surface area is 94.6 Å². The predicted molar refractivity (Wildman–Crippen MR) is 64.0 cm³/mol. The molecule has 0 spiro atoms. The molecular formula is C12H17BrO. The van der Waals surface area contributed by atoms with Crippen molar-refractivity contribution in [1.82, 2.24) is 0 Å². The normalized spacial score (nSPS) is 10.7. The molecule has 78 valence electrons. The van der Waals surface area contributed by atoms with E-state index in [1.165, 1.54) is 11.1 Å². The fourth-order valence-corrected chi connectivity index (χ4v) is 2.14. The van der Waals surface area contributed by atoms with E-state index >= 15 is 0 Å². The Morgan fingerprint density at radius 1 is 1.36 bits per heavy atom. The van der Waals surface area contributed by atoms with Gasteiger partial charge in [0.2, 0.25) is 0 Å². The second-order valence-electron chi connectivity index (χ2n) is 3.76. The quantitative estimate of drug-likeness (QED) is 0.791. The molecule has 0 unspecified atom stereocenters. The van der Waals surface area contributed by atoms with Crippen molar-refractivity contribution in [2.45, 2.75) is 40.2 Å². The maximum Gasteiger partial charge on any atom is 0.137 e. The lowest BCUT2D eigenvalue weighted by Gasteiger charge is -2.16. The van der Waals surface area contributed by atoms with E-state index in [1.807, 2.05) is 13.8 Å². The summed E-state index contributed by atoms with van der Waals surface area (Å²) in [6, 6.07) is 4.28. The molecule has 0 aromatic heterocycles. The lowest BCUT2D eigenvalue weighted by Crippen LogP contribution is -2.08. The minimum absolute atomic E-state index is 0.222. The van der Waals surface area contributed by atoms with Gasteiger partial charge in [-0.3, -0.25) is 0 Å². The molecule has 0 amide bonds. The third kappa shape index (κ3) is 2.74. The van der Waals surface area contributed by atoms with Crippen molar-refractivity contribution in [3.63, 3.8) is 0 Å². The third-order valence-corrected chi connectivity index (χ3v) is 2.59. The number of rotatable bonds is 3. The highest BCUT2D eigenvalue weighted by atomic mass is 79.9. The molecule has 0 fully saturated rings. The van der Waals surface area contributed by atoms with Crippen molar-refractivity contribution in [3.8, 4) is 5.75 Å². The van der Waals surface area contributed by atoms with Crippen molar-refractivity contribution in [2.24, 2.45) is 0 Å². The van der Waals surface area contributed by atoms with Crippen LogP contribution < -0.4 is 4.74 Å². The fourth-order valence-electron chi connectivity index (χ4n) is 1.43. The summed E-state index contributed by atoms with van der Waals surface area (Å²) in [4.78, 5) is 0. The first-order chi connectivity index (χ1) is 6.54. The molecule has 0 saturated heterocycles. The van der Waals surface area contributed by atoms with Gasteiger partial charge in [-0.15, -0.1) is 0 Å². The smallest absolute Gasteiger partial charge is 0.137 e. The zero-order valence-electron chi connectivity index (χ0n) is 9.23. The number of halogens is 1. The van der Waals surface area contributed by atoms with Crippen molar-refractivity contribution in [1.29, 1.82) is 0 Å². The molecule has 0 aliphatic heterocycles. The van der Waals surface area contributed by atoms with Crippen LogP contribution in [0.25, 0.3) is 0 Å². The molecule has 1 nitrogen and oxygen atoms in total. The summed E-state index contributed by atoms with van der Waals surface area (Å²) in [5.74, 6) is 0.994. The molecule has 0 aliphatic rings. The summed E-state index contributed by atoms with van der Waals surface area (Å²) in [6.45, 7) is 8.34. The van der Waals surface area contributed by atoms with Crippen LogP contribution in [0.15, 0.2) is 16.6 Å². The van der Waals surface area contributed by atoms with Gasteiger partial charge in [0.25, 0.3) is 0 Å². The second-order valence-corrected chi connectivity index (χ2v) is 4.61. The van der Waals surface area contributed by atoms with Crippen LogP contribution in [0.1, 0.15) is 31.9 Å². The van der Waals surface area contributed by atoms with Gasteiger partial charge in [0.1, 0.15) is 5.75 Å². The number of aryl methyl sites for hydroxylation is 2. The van der Waals surface area contributed by atoms with Crippen molar-refractivity contribution >= 4 is 15.9 Å². The average Bonchev–Trinajstić information content (AvgIpc) is 2.08. The molecular weight excluding hydrogens is 240 g/mol. The Hall–Kier alpha value is -0.500. The molecule has 1 rings (SSSR count). The van der Waals surface area contributed by atoms with Crippen LogP contribution in [-0.4, -0.2) is 6.10 Å². The maximum absolute atomic E-state index is 5.78. The summed E-state index contributed by atoms with van der Waals surface area (Å²) in [5.41, 5.74) is 2.54. The molecule has 0 N–H and O–H groups in total. The van der Waals surface area contributed by atoms with Crippen LogP contribution in [0.3, 0.4) is 0 Å². The van der Waals surface area contributed by atoms with Gasteiger partial charge in [0.05, 0.1) is 10.6 Å². The minimum atomic E-state index is 0.222. The second kappa shape index (κ2) is 4.83. The van der Waals surface area contributed by atoms with Gasteiger partial charge in [0.15, 0.2) is 0 Å². The first kappa shape index (κ1) is 11.6. The molecule has 1 aromatic rings. The highest BCUT2D eigenvalue weighted by Crippen LogP contribution is 2.31. The molecule has 0 bridgehead atoms. The highest BCUT2D eigenvalue weighted by Gasteiger charge is 2.09. The van der Waals surface area contributed by atoms with E-state index in [9.17, 15) is 0 Å². The third-order valence-electron chi connectivity index (χ3n) is 2.00. The molecule has 1 aromatic carbocycles. The van der Waals surface area contributed by atoms with E-state index in [0.29, 0.717) is 0 Å². The fraction of sp³-hybridized carbons (Fsp3) is 0.500. The van der Waals surface area contributed by atoms with Crippen molar-refractivity contribution in [3.05, 3.63) is 27.7 Å². The number of hydrogen-bond acceptors (Lipinski definition) is 1. The molecule has 14 heavy (non-hydrogen) atoms. The average molecular weight is 257 g/mol. The molecule has 0 saturated carbocycles. The van der Waals surface area contributed by atoms with Gasteiger partial charge < -0.3 is 4.74 Å². The van der Waals surface area contributed by atoms with Gasteiger partial charge in [0, 0.05) is 0 Å². The number of benzene rings is 1. The zero-order chi connectivity index (χ0) is 10.7. The molecule has 2 heteroatoms. The van der Waals surface area contributed by atoms with E-state index < -0.39 is 0 Å². The monoisotopic (exact) mass is 256 g/mol. The Morgan fingerprint density at radius 2 is 2.00 bits per heavy atom. The van der Waals surface area contributed by atoms with E-state index in [-0.39, 0.29) is 6.10 Å². The lowest BCUT2D eigenvalue weighted by molar-refractivity contribution is 0.238. The van der Waals surface area contributed by atoms with Gasteiger partial charge in [-0.1, -0.05) is 13.0 Å². The first-order valence-electron chi connectivity index (χ1n) is 5.00. The molecule has 0 radical (unpaired) electrons. The van der Waals surface area contributed by atoms with Crippen LogP contribution in [0, 0.1) is 6.92 Å². The van der Waals surface area contributed by atoms with Crippen LogP contribution >= 0.6 is 15.9 Å². The van der Waals surface area contributed by atoms with Crippen molar-refractivity contribution < 1.29 is 4.74 Å². The van der Waals surface area contributed by atoms with Gasteiger partial charge in [-0.05, 0) is 60.3 Å². The Morgan fingerprint density at radius 3 is 2.50 bits per heavy atom. The standard InChI is InChI=1S/C12H17BrO/c1-5-10-6-9(4)7-11(13)12(10)14-8(2)3/h6-8H,5H2,1-4H3. The van der Waals surface area contributed by atoms with Gasteiger partial charge in [-0.2, -0.15) is 0 Å². The highest BCUT2D eigenvalue weighted by molar-refractivity contribution is 9.10.